The van der Waals surface area contributed by atoms with Crippen LogP contribution in [0.25, 0.3) is 10.9 Å². The molecule has 0 fully saturated rings. The van der Waals surface area contributed by atoms with E-state index in [4.69, 9.17) is 5.11 Å². The van der Waals surface area contributed by atoms with E-state index in [0.29, 0.717) is 18.4 Å². The molecule has 0 aliphatic heterocycles. The van der Waals surface area contributed by atoms with Gasteiger partial charge in [0.05, 0.1) is 0 Å². The lowest BCUT2D eigenvalue weighted by Crippen LogP contribution is -1.96. The SMILES string of the molecule is O=C(O)CCCc1cnc2c(F)cccc2c1. The third-order valence-electron chi connectivity index (χ3n) is 2.57. The summed E-state index contributed by atoms with van der Waals surface area (Å²) in [6, 6.07) is 6.67. The second-order valence-electron chi connectivity index (χ2n) is 3.90. The predicted octanol–water partition coefficient (Wildman–Crippen LogP) is 2.78. The molecule has 0 unspecified atom stereocenters. The topological polar surface area (TPSA) is 50.2 Å². The molecule has 88 valence electrons. The molecule has 3 nitrogen and oxygen atoms in total. The number of aliphatic carboxylic acids is 1. The summed E-state index contributed by atoms with van der Waals surface area (Å²) in [5.74, 6) is -1.13. The van der Waals surface area contributed by atoms with Crippen molar-refractivity contribution < 1.29 is 14.3 Å². The Morgan fingerprint density at radius 2 is 2.24 bits per heavy atom. The van der Waals surface area contributed by atoms with Crippen molar-refractivity contribution in [2.75, 3.05) is 0 Å². The van der Waals surface area contributed by atoms with Crippen LogP contribution in [0.1, 0.15) is 18.4 Å². The van der Waals surface area contributed by atoms with Crippen molar-refractivity contribution in [1.82, 2.24) is 4.98 Å². The van der Waals surface area contributed by atoms with E-state index in [1.165, 1.54) is 6.07 Å². The van der Waals surface area contributed by atoms with Crippen molar-refractivity contribution in [3.05, 3.63) is 41.8 Å². The van der Waals surface area contributed by atoms with Crippen LogP contribution in [0.3, 0.4) is 0 Å². The Labute approximate surface area is 97.9 Å². The van der Waals surface area contributed by atoms with Crippen molar-refractivity contribution in [1.29, 1.82) is 0 Å². The molecule has 0 aliphatic rings. The minimum Gasteiger partial charge on any atom is -0.481 e. The molecule has 2 aromatic rings. The number of aryl methyl sites for hydroxylation is 1. The number of carbonyl (C=O) groups is 1. The highest BCUT2D eigenvalue weighted by Gasteiger charge is 2.03. The number of hydrogen-bond donors (Lipinski definition) is 1. The maximum atomic E-state index is 13.3. The minimum absolute atomic E-state index is 0.140. The lowest BCUT2D eigenvalue weighted by atomic mass is 10.1. The third-order valence-corrected chi connectivity index (χ3v) is 2.57. The summed E-state index contributed by atoms with van der Waals surface area (Å²) in [7, 11) is 0. The molecule has 0 saturated carbocycles. The van der Waals surface area contributed by atoms with E-state index in [0.717, 1.165) is 10.9 Å². The van der Waals surface area contributed by atoms with Gasteiger partial charge in [-0.15, -0.1) is 0 Å². The molecule has 0 spiro atoms. The molecule has 1 heterocycles. The zero-order valence-corrected chi connectivity index (χ0v) is 9.19. The smallest absolute Gasteiger partial charge is 0.303 e. The lowest BCUT2D eigenvalue weighted by molar-refractivity contribution is -0.137. The molecule has 0 atom stereocenters. The fraction of sp³-hybridized carbons (Fsp3) is 0.231. The monoisotopic (exact) mass is 233 g/mol. The number of hydrogen-bond acceptors (Lipinski definition) is 2. The lowest BCUT2D eigenvalue weighted by Gasteiger charge is -2.02. The molecule has 0 bridgehead atoms. The van der Waals surface area contributed by atoms with Gasteiger partial charge in [-0.25, -0.2) is 4.39 Å². The zero-order valence-electron chi connectivity index (χ0n) is 9.19. The van der Waals surface area contributed by atoms with Gasteiger partial charge in [0.15, 0.2) is 0 Å². The number of benzene rings is 1. The number of pyridine rings is 1. The number of carboxylic acid groups (broad SMARTS) is 1. The van der Waals surface area contributed by atoms with Crippen LogP contribution in [-0.2, 0) is 11.2 Å². The number of aromatic nitrogens is 1. The average molecular weight is 233 g/mol. The first kappa shape index (κ1) is 11.5. The van der Waals surface area contributed by atoms with E-state index in [-0.39, 0.29) is 12.2 Å². The fourth-order valence-electron chi connectivity index (χ4n) is 1.75. The molecule has 4 heteroatoms. The second kappa shape index (κ2) is 4.91. The molecule has 0 saturated heterocycles. The highest BCUT2D eigenvalue weighted by molar-refractivity contribution is 5.79. The number of halogens is 1. The van der Waals surface area contributed by atoms with Gasteiger partial charge in [-0.3, -0.25) is 9.78 Å². The van der Waals surface area contributed by atoms with Gasteiger partial charge in [-0.1, -0.05) is 12.1 Å². The summed E-state index contributed by atoms with van der Waals surface area (Å²) in [6.07, 6.45) is 2.96. The van der Waals surface area contributed by atoms with Crippen LogP contribution in [0.2, 0.25) is 0 Å². The molecule has 0 aliphatic carbocycles. The van der Waals surface area contributed by atoms with Crippen molar-refractivity contribution in [3.63, 3.8) is 0 Å². The van der Waals surface area contributed by atoms with E-state index in [1.807, 2.05) is 6.07 Å². The first-order valence-electron chi connectivity index (χ1n) is 5.42. The van der Waals surface area contributed by atoms with Crippen LogP contribution >= 0.6 is 0 Å². The zero-order chi connectivity index (χ0) is 12.3. The molecule has 17 heavy (non-hydrogen) atoms. The van der Waals surface area contributed by atoms with Crippen LogP contribution in [0.5, 0.6) is 0 Å². The minimum atomic E-state index is -0.801. The number of carboxylic acids is 1. The second-order valence-corrected chi connectivity index (χ2v) is 3.90. The first-order chi connectivity index (χ1) is 8.16. The van der Waals surface area contributed by atoms with Gasteiger partial charge in [-0.05, 0) is 30.5 Å². The van der Waals surface area contributed by atoms with Gasteiger partial charge in [0.1, 0.15) is 11.3 Å². The first-order valence-corrected chi connectivity index (χ1v) is 5.42. The predicted molar refractivity (Wildman–Crippen MR) is 62.3 cm³/mol. The van der Waals surface area contributed by atoms with E-state index >= 15 is 0 Å². The van der Waals surface area contributed by atoms with Crippen LogP contribution in [0, 0.1) is 5.82 Å². The summed E-state index contributed by atoms with van der Waals surface area (Å²) in [5.41, 5.74) is 1.29. The maximum absolute atomic E-state index is 13.3. The van der Waals surface area contributed by atoms with Crippen LogP contribution in [0.15, 0.2) is 30.5 Å². The third kappa shape index (κ3) is 2.78. The van der Waals surface area contributed by atoms with Gasteiger partial charge in [0, 0.05) is 18.0 Å². The van der Waals surface area contributed by atoms with Gasteiger partial charge < -0.3 is 5.11 Å². The number of para-hydroxylation sites is 1. The molecule has 0 radical (unpaired) electrons. The van der Waals surface area contributed by atoms with Gasteiger partial charge >= 0.3 is 5.97 Å². The van der Waals surface area contributed by atoms with Crippen LogP contribution in [0.4, 0.5) is 4.39 Å². The van der Waals surface area contributed by atoms with Gasteiger partial charge in [-0.2, -0.15) is 0 Å². The molecule has 2 rings (SSSR count). The highest BCUT2D eigenvalue weighted by atomic mass is 19.1. The highest BCUT2D eigenvalue weighted by Crippen LogP contribution is 2.17. The summed E-state index contributed by atoms with van der Waals surface area (Å²) in [5, 5.41) is 9.28. The van der Waals surface area contributed by atoms with Crippen molar-refractivity contribution in [3.8, 4) is 0 Å². The Kier molecular flexibility index (Phi) is 3.32. The molecule has 1 N–H and O–H groups in total. The van der Waals surface area contributed by atoms with Crippen molar-refractivity contribution in [2.45, 2.75) is 19.3 Å². The molecular formula is C13H12FNO2. The Hall–Kier alpha value is -1.97. The summed E-state index contributed by atoms with van der Waals surface area (Å²) in [6.45, 7) is 0. The Balaban J connectivity index is 2.17. The molecular weight excluding hydrogens is 221 g/mol. The molecule has 1 aromatic carbocycles. The van der Waals surface area contributed by atoms with Gasteiger partial charge in [0.2, 0.25) is 0 Å². The molecule has 1 aromatic heterocycles. The van der Waals surface area contributed by atoms with Crippen molar-refractivity contribution in [2.24, 2.45) is 0 Å². The standard InChI is InChI=1S/C13H12FNO2/c14-11-5-2-4-10-7-9(8-15-13(10)11)3-1-6-12(16)17/h2,4-5,7-8H,1,3,6H2,(H,16,17). The maximum Gasteiger partial charge on any atom is 0.303 e. The summed E-state index contributed by atoms with van der Waals surface area (Å²) < 4.78 is 13.3. The quantitative estimate of drug-likeness (QED) is 0.883. The fourth-order valence-corrected chi connectivity index (χ4v) is 1.75. The van der Waals surface area contributed by atoms with E-state index in [1.54, 1.807) is 18.3 Å². The summed E-state index contributed by atoms with van der Waals surface area (Å²) >= 11 is 0. The Bertz CT molecular complexity index is 554. The Morgan fingerprint density at radius 1 is 1.41 bits per heavy atom. The van der Waals surface area contributed by atoms with Crippen molar-refractivity contribution >= 4 is 16.9 Å². The average Bonchev–Trinajstić information content (AvgIpc) is 2.29. The van der Waals surface area contributed by atoms with Crippen LogP contribution < -0.4 is 0 Å². The van der Waals surface area contributed by atoms with E-state index < -0.39 is 5.97 Å². The van der Waals surface area contributed by atoms with E-state index in [9.17, 15) is 9.18 Å². The van der Waals surface area contributed by atoms with Gasteiger partial charge in [0.25, 0.3) is 0 Å². The normalized spacial score (nSPS) is 10.6. The number of rotatable bonds is 4. The largest absolute Gasteiger partial charge is 0.481 e. The summed E-state index contributed by atoms with van der Waals surface area (Å²) in [4.78, 5) is 14.4. The Morgan fingerprint density at radius 3 is 3.00 bits per heavy atom. The number of nitrogens with zero attached hydrogens (tertiary/aromatic N) is 1. The van der Waals surface area contributed by atoms with Crippen LogP contribution in [-0.4, -0.2) is 16.1 Å². The van der Waals surface area contributed by atoms with E-state index in [2.05, 4.69) is 4.98 Å². The molecule has 0 amide bonds. The number of fused-ring (bicyclic) bond motifs is 1.